The van der Waals surface area contributed by atoms with Crippen LogP contribution in [0.3, 0.4) is 0 Å². The number of hydrogen-bond donors (Lipinski definition) is 2. The van der Waals surface area contributed by atoms with Gasteiger partial charge in [-0.05, 0) is 19.3 Å². The van der Waals surface area contributed by atoms with Gasteiger partial charge in [-0.15, -0.1) is 0 Å². The van der Waals surface area contributed by atoms with Crippen molar-refractivity contribution in [2.45, 2.75) is 45.1 Å². The number of amides is 2. The van der Waals surface area contributed by atoms with Gasteiger partial charge in [-0.2, -0.15) is 0 Å². The predicted octanol–water partition coefficient (Wildman–Crippen LogP) is 0.421. The molecule has 0 spiro atoms. The summed E-state index contributed by atoms with van der Waals surface area (Å²) < 4.78 is 0. The van der Waals surface area contributed by atoms with Crippen molar-refractivity contribution in [1.29, 1.82) is 0 Å². The van der Waals surface area contributed by atoms with Crippen molar-refractivity contribution >= 4 is 17.8 Å². The van der Waals surface area contributed by atoms with Crippen LogP contribution >= 0.6 is 0 Å². The van der Waals surface area contributed by atoms with Crippen LogP contribution in [0.15, 0.2) is 4.99 Å². The van der Waals surface area contributed by atoms with Gasteiger partial charge >= 0.3 is 0 Å². The monoisotopic (exact) mass is 337 g/mol. The largest absolute Gasteiger partial charge is 0.356 e. The molecule has 0 bridgehead atoms. The lowest BCUT2D eigenvalue weighted by Gasteiger charge is -2.17. The average Bonchev–Trinajstić information content (AvgIpc) is 3.32. The van der Waals surface area contributed by atoms with Gasteiger partial charge in [0.05, 0.1) is 0 Å². The molecule has 136 valence electrons. The Labute approximate surface area is 144 Å². The van der Waals surface area contributed by atoms with E-state index >= 15 is 0 Å². The van der Waals surface area contributed by atoms with Gasteiger partial charge in [0.15, 0.2) is 5.96 Å². The zero-order chi connectivity index (χ0) is 17.5. The number of nitrogens with one attached hydrogen (secondary N) is 2. The van der Waals surface area contributed by atoms with E-state index in [1.54, 1.807) is 14.1 Å². The predicted molar refractivity (Wildman–Crippen MR) is 94.8 cm³/mol. The molecule has 1 aliphatic heterocycles. The summed E-state index contributed by atoms with van der Waals surface area (Å²) in [6, 6.07) is 0.496. The maximum absolute atomic E-state index is 12.0. The molecule has 0 radical (unpaired) electrons. The van der Waals surface area contributed by atoms with E-state index < -0.39 is 0 Å². The third kappa shape index (κ3) is 5.69. The minimum atomic E-state index is -0.0254. The van der Waals surface area contributed by atoms with Crippen LogP contribution in [-0.4, -0.2) is 73.9 Å². The molecular formula is C17H31N5O2. The highest BCUT2D eigenvalue weighted by molar-refractivity contribution is 5.85. The van der Waals surface area contributed by atoms with E-state index in [9.17, 15) is 9.59 Å². The number of guanidine groups is 1. The SMILES string of the molecule is CCCCNC(=NCC(=O)N(C)C)NCC1CC(=O)N(C2CC2)C1. The summed E-state index contributed by atoms with van der Waals surface area (Å²) in [6.07, 6.45) is 5.08. The second-order valence-corrected chi connectivity index (χ2v) is 6.96. The summed E-state index contributed by atoms with van der Waals surface area (Å²) in [7, 11) is 3.46. The fourth-order valence-corrected chi connectivity index (χ4v) is 2.77. The van der Waals surface area contributed by atoms with E-state index in [0.29, 0.717) is 30.9 Å². The molecule has 2 aliphatic rings. The highest BCUT2D eigenvalue weighted by Gasteiger charge is 2.39. The summed E-state index contributed by atoms with van der Waals surface area (Å²) in [5.74, 6) is 1.24. The van der Waals surface area contributed by atoms with Crippen LogP contribution in [0, 0.1) is 5.92 Å². The Kier molecular flexibility index (Phi) is 6.87. The fourth-order valence-electron chi connectivity index (χ4n) is 2.77. The molecule has 1 unspecified atom stereocenters. The van der Waals surface area contributed by atoms with E-state index in [0.717, 1.165) is 38.8 Å². The van der Waals surface area contributed by atoms with Crippen LogP contribution in [0.5, 0.6) is 0 Å². The number of aliphatic imine (C=N–C) groups is 1. The quantitative estimate of drug-likeness (QED) is 0.382. The molecular weight excluding hydrogens is 306 g/mol. The molecule has 1 aliphatic carbocycles. The van der Waals surface area contributed by atoms with Crippen molar-refractivity contribution in [2.75, 3.05) is 40.3 Å². The van der Waals surface area contributed by atoms with Gasteiger partial charge in [0.25, 0.3) is 0 Å². The number of hydrogen-bond acceptors (Lipinski definition) is 3. The zero-order valence-corrected chi connectivity index (χ0v) is 15.2. The van der Waals surface area contributed by atoms with Crippen molar-refractivity contribution in [3.8, 4) is 0 Å². The van der Waals surface area contributed by atoms with Crippen molar-refractivity contribution in [3.05, 3.63) is 0 Å². The van der Waals surface area contributed by atoms with Gasteiger partial charge in [-0.25, -0.2) is 4.99 Å². The molecule has 7 nitrogen and oxygen atoms in total. The third-order valence-electron chi connectivity index (χ3n) is 4.48. The Balaban J connectivity index is 1.81. The Hall–Kier alpha value is -1.79. The van der Waals surface area contributed by atoms with Crippen molar-refractivity contribution in [3.63, 3.8) is 0 Å². The van der Waals surface area contributed by atoms with Gasteiger partial charge in [0.1, 0.15) is 6.54 Å². The van der Waals surface area contributed by atoms with Crippen LogP contribution in [0.1, 0.15) is 39.0 Å². The molecule has 0 aromatic heterocycles. The third-order valence-corrected chi connectivity index (χ3v) is 4.48. The summed E-state index contributed by atoms with van der Waals surface area (Å²) >= 11 is 0. The molecule has 0 aromatic carbocycles. The summed E-state index contributed by atoms with van der Waals surface area (Å²) in [6.45, 7) is 4.65. The first-order valence-electron chi connectivity index (χ1n) is 9.03. The number of carbonyl (C=O) groups excluding carboxylic acids is 2. The van der Waals surface area contributed by atoms with Crippen LogP contribution in [-0.2, 0) is 9.59 Å². The van der Waals surface area contributed by atoms with E-state index in [1.807, 2.05) is 4.90 Å². The second-order valence-electron chi connectivity index (χ2n) is 6.96. The first-order chi connectivity index (χ1) is 11.5. The smallest absolute Gasteiger partial charge is 0.243 e. The Bertz CT molecular complexity index is 474. The van der Waals surface area contributed by atoms with Gasteiger partial charge in [-0.3, -0.25) is 9.59 Å². The Morgan fingerprint density at radius 3 is 2.71 bits per heavy atom. The topological polar surface area (TPSA) is 77.0 Å². The van der Waals surface area contributed by atoms with Gasteiger partial charge in [0, 0.05) is 52.1 Å². The lowest BCUT2D eigenvalue weighted by Crippen LogP contribution is -2.41. The molecule has 24 heavy (non-hydrogen) atoms. The molecule has 2 N–H and O–H groups in total. The molecule has 0 aromatic rings. The van der Waals surface area contributed by atoms with Crippen molar-refractivity contribution < 1.29 is 9.59 Å². The Morgan fingerprint density at radius 1 is 1.33 bits per heavy atom. The molecule has 1 heterocycles. The van der Waals surface area contributed by atoms with Crippen molar-refractivity contribution in [1.82, 2.24) is 20.4 Å². The summed E-state index contributed by atoms with van der Waals surface area (Å²) in [4.78, 5) is 31.7. The summed E-state index contributed by atoms with van der Waals surface area (Å²) in [5, 5.41) is 6.57. The zero-order valence-electron chi connectivity index (χ0n) is 15.2. The molecule has 1 saturated heterocycles. The molecule has 2 rings (SSSR count). The van der Waals surface area contributed by atoms with Crippen LogP contribution in [0.25, 0.3) is 0 Å². The number of unbranched alkanes of at least 4 members (excludes halogenated alkanes) is 1. The standard InChI is InChI=1S/C17H31N5O2/c1-4-5-8-18-17(20-11-16(24)21(2)3)19-10-13-9-15(23)22(12-13)14-6-7-14/h13-14H,4-12H2,1-3H3,(H2,18,19,20). The first kappa shape index (κ1) is 18.5. The van der Waals surface area contributed by atoms with Gasteiger partial charge < -0.3 is 20.4 Å². The molecule has 2 fully saturated rings. The molecule has 1 atom stereocenters. The number of carbonyl (C=O) groups is 2. The maximum Gasteiger partial charge on any atom is 0.243 e. The van der Waals surface area contributed by atoms with Crippen molar-refractivity contribution in [2.24, 2.45) is 10.9 Å². The number of nitrogens with zero attached hydrogens (tertiary/aromatic N) is 3. The van der Waals surface area contributed by atoms with E-state index in [2.05, 4.69) is 22.5 Å². The van der Waals surface area contributed by atoms with E-state index in [-0.39, 0.29) is 18.4 Å². The highest BCUT2D eigenvalue weighted by atomic mass is 16.2. The minimum absolute atomic E-state index is 0.0254. The lowest BCUT2D eigenvalue weighted by molar-refractivity contribution is -0.128. The van der Waals surface area contributed by atoms with Gasteiger partial charge in [0.2, 0.25) is 11.8 Å². The first-order valence-corrected chi connectivity index (χ1v) is 9.03. The summed E-state index contributed by atoms with van der Waals surface area (Å²) in [5.41, 5.74) is 0. The maximum atomic E-state index is 12.0. The Morgan fingerprint density at radius 2 is 2.08 bits per heavy atom. The lowest BCUT2D eigenvalue weighted by atomic mass is 10.1. The average molecular weight is 337 g/mol. The molecule has 2 amide bonds. The minimum Gasteiger partial charge on any atom is -0.356 e. The number of likely N-dealkylation sites (N-methyl/N-ethyl adjacent to an activating group) is 1. The van der Waals surface area contributed by atoms with E-state index in [4.69, 9.17) is 0 Å². The van der Waals surface area contributed by atoms with E-state index in [1.165, 1.54) is 4.90 Å². The van der Waals surface area contributed by atoms with Crippen LogP contribution in [0.2, 0.25) is 0 Å². The number of rotatable bonds is 8. The number of likely N-dealkylation sites (tertiary alicyclic amines) is 1. The molecule has 7 heteroatoms. The highest BCUT2D eigenvalue weighted by Crippen LogP contribution is 2.32. The normalized spacial score (nSPS) is 21.1. The van der Waals surface area contributed by atoms with Crippen LogP contribution in [0.4, 0.5) is 0 Å². The van der Waals surface area contributed by atoms with Crippen LogP contribution < -0.4 is 10.6 Å². The second kappa shape index (κ2) is 8.89. The van der Waals surface area contributed by atoms with Gasteiger partial charge in [-0.1, -0.05) is 13.3 Å². The fraction of sp³-hybridized carbons (Fsp3) is 0.824. The molecule has 1 saturated carbocycles.